The van der Waals surface area contributed by atoms with E-state index in [1.807, 2.05) is 11.8 Å². The number of hydrogen-bond acceptors (Lipinski definition) is 9. The van der Waals surface area contributed by atoms with Gasteiger partial charge in [0.1, 0.15) is 6.07 Å². The third kappa shape index (κ3) is 4.44. The molecule has 1 aliphatic carbocycles. The van der Waals surface area contributed by atoms with Gasteiger partial charge in [0, 0.05) is 19.1 Å². The second-order valence-electron chi connectivity index (χ2n) is 8.73. The first kappa shape index (κ1) is 22.5. The number of rotatable bonds is 6. The van der Waals surface area contributed by atoms with Gasteiger partial charge in [0.25, 0.3) is 0 Å². The van der Waals surface area contributed by atoms with Crippen LogP contribution in [0.25, 0.3) is 5.65 Å². The number of fused-ring (bicyclic) bond motifs is 1. The monoisotopic (exact) mass is 492 g/mol. The maximum absolute atomic E-state index is 11.1. The van der Waals surface area contributed by atoms with Crippen molar-refractivity contribution in [3.05, 3.63) is 34.6 Å². The molecule has 178 valence electrons. The molecule has 2 aromatic heterocycles. The molecule has 5 rings (SSSR count). The second kappa shape index (κ2) is 8.81. The second-order valence-corrected chi connectivity index (χ2v) is 9.10. The third-order valence-corrected chi connectivity index (χ3v) is 6.48. The highest BCUT2D eigenvalue weighted by Gasteiger charge is 2.32. The van der Waals surface area contributed by atoms with Crippen molar-refractivity contribution in [1.29, 1.82) is 10.5 Å². The Hall–Kier alpha value is -4.29. The predicted octanol–water partition coefficient (Wildman–Crippen LogP) is 2.93. The molecular weight excluding hydrogens is 472 g/mol. The maximum atomic E-state index is 11.1. The van der Waals surface area contributed by atoms with Crippen LogP contribution in [0.4, 0.5) is 27.9 Å². The van der Waals surface area contributed by atoms with Crippen molar-refractivity contribution < 1.29 is 9.90 Å². The first-order chi connectivity index (χ1) is 16.9. The van der Waals surface area contributed by atoms with Gasteiger partial charge in [0.2, 0.25) is 5.95 Å². The molecule has 13 heteroatoms. The fourth-order valence-electron chi connectivity index (χ4n) is 4.15. The van der Waals surface area contributed by atoms with E-state index >= 15 is 0 Å². The number of amides is 1. The Balaban J connectivity index is 1.51. The van der Waals surface area contributed by atoms with Crippen molar-refractivity contribution in [1.82, 2.24) is 24.9 Å². The summed E-state index contributed by atoms with van der Waals surface area (Å²) >= 11 is 6.77. The number of nitrogens with one attached hydrogen (secondary N) is 3. The van der Waals surface area contributed by atoms with Crippen molar-refractivity contribution in [2.75, 3.05) is 28.6 Å². The Morgan fingerprint density at radius 3 is 2.74 bits per heavy atom. The van der Waals surface area contributed by atoms with E-state index in [0.29, 0.717) is 52.6 Å². The molecule has 0 radical (unpaired) electrons. The molecule has 4 N–H and O–H groups in total. The predicted molar refractivity (Wildman–Crippen MR) is 128 cm³/mol. The van der Waals surface area contributed by atoms with E-state index in [-0.39, 0.29) is 23.6 Å². The van der Waals surface area contributed by atoms with Crippen molar-refractivity contribution in [3.8, 4) is 12.1 Å². The molecule has 1 aliphatic heterocycles. The van der Waals surface area contributed by atoms with Gasteiger partial charge in [-0.05, 0) is 30.9 Å². The maximum Gasteiger partial charge on any atom is 0.404 e. The zero-order valence-electron chi connectivity index (χ0n) is 18.7. The Labute approximate surface area is 205 Å². The Kier molecular flexibility index (Phi) is 5.67. The van der Waals surface area contributed by atoms with E-state index < -0.39 is 6.09 Å². The van der Waals surface area contributed by atoms with Crippen molar-refractivity contribution in [3.63, 3.8) is 0 Å². The van der Waals surface area contributed by atoms with E-state index in [0.717, 1.165) is 12.8 Å². The van der Waals surface area contributed by atoms with E-state index in [1.54, 1.807) is 12.1 Å². The van der Waals surface area contributed by atoms with Gasteiger partial charge in [-0.1, -0.05) is 18.5 Å². The van der Waals surface area contributed by atoms with Crippen LogP contribution >= 0.6 is 11.6 Å². The van der Waals surface area contributed by atoms with Crippen LogP contribution in [0.1, 0.15) is 31.0 Å². The van der Waals surface area contributed by atoms with E-state index in [4.69, 9.17) is 16.7 Å². The number of halogens is 1. The van der Waals surface area contributed by atoms with Gasteiger partial charge >= 0.3 is 6.09 Å². The smallest absolute Gasteiger partial charge is 0.404 e. The van der Waals surface area contributed by atoms with Crippen molar-refractivity contribution in [2.24, 2.45) is 5.92 Å². The van der Waals surface area contributed by atoms with Gasteiger partial charge in [-0.25, -0.2) is 9.78 Å². The minimum Gasteiger partial charge on any atom is -0.465 e. The van der Waals surface area contributed by atoms with Gasteiger partial charge in [-0.15, -0.1) is 5.10 Å². The van der Waals surface area contributed by atoms with Crippen molar-refractivity contribution >= 4 is 46.5 Å². The fraction of sp³-hybridized carbons (Fsp3) is 0.364. The lowest BCUT2D eigenvalue weighted by Gasteiger charge is -2.22. The number of nitrogens with zero attached hydrogens (tertiary/aromatic N) is 7. The summed E-state index contributed by atoms with van der Waals surface area (Å²) < 4.78 is 1.41. The van der Waals surface area contributed by atoms with Crippen LogP contribution in [-0.2, 0) is 0 Å². The van der Waals surface area contributed by atoms with Crippen LogP contribution < -0.4 is 20.9 Å². The molecule has 1 saturated carbocycles. The van der Waals surface area contributed by atoms with Crippen LogP contribution in [-0.4, -0.2) is 56.0 Å². The summed E-state index contributed by atoms with van der Waals surface area (Å²) in [6, 6.07) is 7.51. The fourth-order valence-corrected chi connectivity index (χ4v) is 4.43. The summed E-state index contributed by atoms with van der Waals surface area (Å²) in [7, 11) is 0. The molecule has 1 aromatic carbocycles. The van der Waals surface area contributed by atoms with Crippen LogP contribution in [0.15, 0.2) is 18.3 Å². The number of imidazole rings is 1. The average molecular weight is 493 g/mol. The zero-order chi connectivity index (χ0) is 24.7. The van der Waals surface area contributed by atoms with Crippen LogP contribution in [0, 0.1) is 28.6 Å². The molecule has 3 aromatic rings. The number of carbonyl (C=O) groups is 1. The molecule has 2 atom stereocenters. The van der Waals surface area contributed by atoms with Gasteiger partial charge in [0.05, 0.1) is 40.3 Å². The first-order valence-corrected chi connectivity index (χ1v) is 11.4. The highest BCUT2D eigenvalue weighted by molar-refractivity contribution is 6.36. The van der Waals surface area contributed by atoms with E-state index in [9.17, 15) is 15.3 Å². The minimum atomic E-state index is -1.08. The zero-order valence-corrected chi connectivity index (χ0v) is 19.4. The lowest BCUT2D eigenvalue weighted by Crippen LogP contribution is -2.38. The normalized spacial score (nSPS) is 19.3. The summed E-state index contributed by atoms with van der Waals surface area (Å²) in [6.07, 6.45) is 2.40. The molecule has 35 heavy (non-hydrogen) atoms. The van der Waals surface area contributed by atoms with Crippen LogP contribution in [0.3, 0.4) is 0 Å². The van der Waals surface area contributed by atoms with E-state index in [2.05, 4.69) is 43.2 Å². The van der Waals surface area contributed by atoms with Gasteiger partial charge in [-0.3, -0.25) is 0 Å². The Morgan fingerprint density at radius 1 is 1.26 bits per heavy atom. The molecule has 12 nitrogen and oxygen atoms in total. The van der Waals surface area contributed by atoms with Gasteiger partial charge in [0.15, 0.2) is 17.2 Å². The quantitative estimate of drug-likeness (QED) is 0.401. The standard InChI is InChI=1S/C22H21ClN10O2/c1-11-9-32(10-16(11)29-22(34)35)17-5-12(6-24)4-15(18(17)23)28-21-30-19(27-13-2-3-13)20-26-8-14(7-25)33(20)31-21/h4-5,8,11,13,16,29H,2-3,9-10H2,1H3,(H,34,35)(H2,27,28,30,31)/t11-,16-/m0/s1. The van der Waals surface area contributed by atoms with E-state index in [1.165, 1.54) is 10.7 Å². The summed E-state index contributed by atoms with van der Waals surface area (Å²) in [5.74, 6) is 0.727. The molecule has 2 fully saturated rings. The lowest BCUT2D eigenvalue weighted by molar-refractivity contribution is 0.188. The molecule has 0 unspecified atom stereocenters. The number of benzene rings is 1. The Morgan fingerprint density at radius 2 is 2.06 bits per heavy atom. The molecule has 1 saturated heterocycles. The third-order valence-electron chi connectivity index (χ3n) is 6.09. The highest BCUT2D eigenvalue weighted by Crippen LogP contribution is 2.38. The summed E-state index contributed by atoms with van der Waals surface area (Å²) in [5, 5.41) is 41.9. The average Bonchev–Trinajstić information content (AvgIpc) is 3.43. The van der Waals surface area contributed by atoms with Crippen molar-refractivity contribution in [2.45, 2.75) is 31.8 Å². The SMILES string of the molecule is C[C@H]1CN(c2cc(C#N)cc(Nc3nc(NC4CC4)c4ncc(C#N)n4n3)c2Cl)C[C@@H]1NC(=O)O. The molecule has 0 spiro atoms. The minimum absolute atomic E-state index is 0.0526. The van der Waals surface area contributed by atoms with Gasteiger partial charge in [-0.2, -0.15) is 20.0 Å². The topological polar surface area (TPSA) is 167 Å². The number of aromatic nitrogens is 4. The molecule has 1 amide bonds. The van der Waals surface area contributed by atoms with Crippen LogP contribution in [0.5, 0.6) is 0 Å². The summed E-state index contributed by atoms with van der Waals surface area (Å²) in [4.78, 5) is 21.9. The number of nitriles is 2. The number of anilines is 4. The lowest BCUT2D eigenvalue weighted by atomic mass is 10.1. The largest absolute Gasteiger partial charge is 0.465 e. The number of carboxylic acid groups (broad SMARTS) is 1. The highest BCUT2D eigenvalue weighted by atomic mass is 35.5. The van der Waals surface area contributed by atoms with Crippen LogP contribution in [0.2, 0.25) is 5.02 Å². The first-order valence-electron chi connectivity index (χ1n) is 11.0. The number of hydrogen-bond donors (Lipinski definition) is 4. The molecule has 3 heterocycles. The summed E-state index contributed by atoms with van der Waals surface area (Å²) in [5.41, 5.74) is 2.09. The molecule has 2 aliphatic rings. The molecule has 0 bridgehead atoms. The van der Waals surface area contributed by atoms with Gasteiger partial charge < -0.3 is 26.0 Å². The molecular formula is C22H21ClN10O2. The Bertz CT molecular complexity index is 1400. The summed E-state index contributed by atoms with van der Waals surface area (Å²) in [6.45, 7) is 2.94.